The number of amides is 6. The summed E-state index contributed by atoms with van der Waals surface area (Å²) in [5.74, 6) is -2.13. The number of rotatable bonds is 19. The first kappa shape index (κ1) is 68.2. The number of benzene rings is 1. The molecular weight excluding hydrogens is 1080 g/mol. The second-order valence-electron chi connectivity index (χ2n) is 25.0. The van der Waals surface area contributed by atoms with Gasteiger partial charge < -0.3 is 95.1 Å². The molecule has 3 aliphatic rings. The predicted octanol–water partition coefficient (Wildman–Crippen LogP) is 3.49. The van der Waals surface area contributed by atoms with Gasteiger partial charge in [0.05, 0.1) is 36.3 Å². The summed E-state index contributed by atoms with van der Waals surface area (Å²) in [7, 11) is 1.30. The number of hydrogen-bond donors (Lipinski definition) is 10. The lowest BCUT2D eigenvalue weighted by Crippen LogP contribution is -2.71. The van der Waals surface area contributed by atoms with E-state index in [1.54, 1.807) is 96.1 Å². The fourth-order valence-corrected chi connectivity index (χ4v) is 9.29. The number of aliphatic hydroxyl groups excluding tert-OH is 3. The highest BCUT2D eigenvalue weighted by atomic mass is 16.7. The van der Waals surface area contributed by atoms with Crippen molar-refractivity contribution in [2.45, 2.75) is 218 Å². The van der Waals surface area contributed by atoms with Gasteiger partial charge in [0, 0.05) is 56.3 Å². The molecule has 1 saturated heterocycles. The lowest BCUT2D eigenvalue weighted by molar-refractivity contribution is -0.384. The number of nitro benzene ring substituents is 1. The summed E-state index contributed by atoms with van der Waals surface area (Å²) in [6.45, 7) is 21.7. The number of nitro groups is 1. The van der Waals surface area contributed by atoms with Gasteiger partial charge >= 0.3 is 30.5 Å². The van der Waals surface area contributed by atoms with Crippen molar-refractivity contribution >= 4 is 42.1 Å². The molecule has 2 fully saturated rings. The van der Waals surface area contributed by atoms with Gasteiger partial charge in [-0.2, -0.15) is 0 Å². The van der Waals surface area contributed by atoms with Crippen LogP contribution in [-0.4, -0.2) is 195 Å². The van der Waals surface area contributed by atoms with E-state index in [1.807, 2.05) is 0 Å². The van der Waals surface area contributed by atoms with Crippen LogP contribution in [0.2, 0.25) is 0 Å². The zero-order valence-electron chi connectivity index (χ0n) is 49.7. The van der Waals surface area contributed by atoms with Crippen molar-refractivity contribution in [2.24, 2.45) is 5.92 Å². The van der Waals surface area contributed by atoms with E-state index in [9.17, 15) is 59.3 Å². The van der Waals surface area contributed by atoms with Gasteiger partial charge in [-0.3, -0.25) is 14.9 Å². The monoisotopic (exact) mass is 1170 g/mol. The van der Waals surface area contributed by atoms with Crippen molar-refractivity contribution in [1.29, 1.82) is 0 Å². The smallest absolute Gasteiger partial charge is 0.410 e. The first-order chi connectivity index (χ1) is 37.7. The standard InChI is InChI=1S/C54H88N8O20/c1-29(58-47(69)80-51(5,6)7)25-56-33-21-20-32(26-57-45(67)75-27-30-16-18-31(19-17-30)62(73)74)77-40(33)37-34(60-48(70)81-52(8,9)10)24-35(59-43(66)36(63)22-23-55-46(68)79-50(2,3)4)41(38(37)64)78-44-39(65)42(54(14,72)28-76-44)61(15)49(71)82-53(11,12)13/h16-20,29,33-42,44,56,63-65,72H,21-28H2,1-15H3,(H,55,68)(H,57,67)(H,58,69)(H,59,66)(H,60,70)/t29-,33+,34-,35+,36-,37?,38-,39+,40-,41-,42+,44+,54-/m0/s1. The van der Waals surface area contributed by atoms with E-state index >= 15 is 0 Å². The highest BCUT2D eigenvalue weighted by Gasteiger charge is 2.56. The molecule has 13 atom stereocenters. The number of aliphatic hydroxyl groups is 4. The number of nitrogens with zero attached hydrogens (tertiary/aromatic N) is 2. The van der Waals surface area contributed by atoms with Gasteiger partial charge in [-0.1, -0.05) is 0 Å². The molecular formula is C54H88N8O20. The average molecular weight is 1170 g/mol. The van der Waals surface area contributed by atoms with Gasteiger partial charge in [0.15, 0.2) is 6.29 Å². The third kappa shape index (κ3) is 21.8. The largest absolute Gasteiger partial charge is 0.491 e. The molecule has 82 heavy (non-hydrogen) atoms. The molecule has 2 aliphatic heterocycles. The molecule has 4 rings (SSSR count). The lowest BCUT2D eigenvalue weighted by Gasteiger charge is -2.52. The molecule has 0 spiro atoms. The van der Waals surface area contributed by atoms with Crippen LogP contribution < -0.4 is 31.9 Å². The Morgan fingerprint density at radius 2 is 1.39 bits per heavy atom. The Balaban J connectivity index is 1.78. The molecule has 10 N–H and O–H groups in total. The second-order valence-corrected chi connectivity index (χ2v) is 25.0. The Morgan fingerprint density at radius 1 is 0.805 bits per heavy atom. The van der Waals surface area contributed by atoms with Crippen molar-refractivity contribution in [1.82, 2.24) is 36.8 Å². The molecule has 1 aliphatic carbocycles. The molecule has 0 aromatic heterocycles. The summed E-state index contributed by atoms with van der Waals surface area (Å²) in [6, 6.07) is -0.00115. The first-order valence-corrected chi connectivity index (χ1v) is 27.2. The number of alkyl carbamates (subject to hydrolysis) is 4. The minimum absolute atomic E-state index is 0.0843. The average Bonchev–Trinajstić information content (AvgIpc) is 3.36. The minimum Gasteiger partial charge on any atom is -0.491 e. The number of likely N-dealkylation sites (N-methyl/N-ethyl adjacent to an activating group) is 1. The molecule has 1 saturated carbocycles. The molecule has 2 heterocycles. The Morgan fingerprint density at radius 3 is 1.98 bits per heavy atom. The highest BCUT2D eigenvalue weighted by Crippen LogP contribution is 2.39. The van der Waals surface area contributed by atoms with Crippen LogP contribution in [0, 0.1) is 16.0 Å². The molecule has 28 heteroatoms. The number of carbonyl (C=O) groups is 6. The van der Waals surface area contributed by atoms with Crippen molar-refractivity contribution in [2.75, 3.05) is 33.3 Å². The second kappa shape index (κ2) is 28.3. The van der Waals surface area contributed by atoms with E-state index in [0.29, 0.717) is 5.56 Å². The molecule has 1 aromatic rings. The fourth-order valence-electron chi connectivity index (χ4n) is 9.29. The molecule has 464 valence electrons. The first-order valence-electron chi connectivity index (χ1n) is 27.2. The van der Waals surface area contributed by atoms with Crippen LogP contribution in [0.5, 0.6) is 0 Å². The van der Waals surface area contributed by atoms with Crippen molar-refractivity contribution < 1.29 is 92.0 Å². The van der Waals surface area contributed by atoms with Crippen LogP contribution in [0.25, 0.3) is 0 Å². The van der Waals surface area contributed by atoms with Gasteiger partial charge in [-0.05, 0) is 140 Å². The van der Waals surface area contributed by atoms with Crippen LogP contribution in [0.1, 0.15) is 122 Å². The van der Waals surface area contributed by atoms with E-state index in [1.165, 1.54) is 38.2 Å². The van der Waals surface area contributed by atoms with E-state index in [4.69, 9.17) is 37.9 Å². The third-order valence-electron chi connectivity index (χ3n) is 12.7. The zero-order valence-corrected chi connectivity index (χ0v) is 49.7. The Kier molecular flexibility index (Phi) is 23.6. The van der Waals surface area contributed by atoms with Crippen molar-refractivity contribution in [3.05, 3.63) is 51.8 Å². The van der Waals surface area contributed by atoms with Crippen LogP contribution in [0.3, 0.4) is 0 Å². The highest BCUT2D eigenvalue weighted by molar-refractivity contribution is 5.81. The van der Waals surface area contributed by atoms with Crippen LogP contribution >= 0.6 is 0 Å². The summed E-state index contributed by atoms with van der Waals surface area (Å²) < 4.78 is 46.5. The maximum absolute atomic E-state index is 14.1. The fraction of sp³-hybridized carbons (Fsp3) is 0.741. The summed E-state index contributed by atoms with van der Waals surface area (Å²) in [5.41, 5.74) is -5.27. The summed E-state index contributed by atoms with van der Waals surface area (Å²) >= 11 is 0. The third-order valence-corrected chi connectivity index (χ3v) is 12.7. The van der Waals surface area contributed by atoms with Crippen molar-refractivity contribution in [3.63, 3.8) is 0 Å². The van der Waals surface area contributed by atoms with Gasteiger partial charge in [0.25, 0.3) is 5.69 Å². The Bertz CT molecular complexity index is 2380. The number of carbonyl (C=O) groups excluding carboxylic acids is 6. The minimum atomic E-state index is -1.91. The van der Waals surface area contributed by atoms with Crippen LogP contribution in [-0.2, 0) is 49.3 Å². The number of hydrogen-bond acceptors (Lipinski definition) is 21. The molecule has 0 bridgehead atoms. The maximum Gasteiger partial charge on any atom is 0.410 e. The molecule has 1 aromatic carbocycles. The van der Waals surface area contributed by atoms with E-state index < -0.39 is 149 Å². The molecule has 1 unspecified atom stereocenters. The van der Waals surface area contributed by atoms with E-state index in [0.717, 1.165) is 4.90 Å². The number of non-ortho nitro benzene ring substituents is 1. The Hall–Kier alpha value is -6.30. The van der Waals surface area contributed by atoms with E-state index in [2.05, 4.69) is 31.9 Å². The maximum atomic E-state index is 14.1. The van der Waals surface area contributed by atoms with Crippen molar-refractivity contribution in [3.8, 4) is 0 Å². The quantitative estimate of drug-likeness (QED) is 0.0538. The van der Waals surface area contributed by atoms with Gasteiger partial charge in [-0.25, -0.2) is 24.0 Å². The lowest BCUT2D eigenvalue weighted by atomic mass is 9.72. The Labute approximate surface area is 478 Å². The summed E-state index contributed by atoms with van der Waals surface area (Å²) in [6.07, 6.45) is -13.2. The topological polar surface area (TPSA) is 376 Å². The number of ether oxygens (including phenoxy) is 8. The number of nitrogens with one attached hydrogen (secondary N) is 6. The molecule has 0 radical (unpaired) electrons. The van der Waals surface area contributed by atoms with E-state index in [-0.39, 0.29) is 57.0 Å². The summed E-state index contributed by atoms with van der Waals surface area (Å²) in [5, 5.41) is 75.9. The summed E-state index contributed by atoms with van der Waals surface area (Å²) in [4.78, 5) is 91.3. The molecule has 6 amide bonds. The SMILES string of the molecule is C[C@@H](CN[C@@H]1CC=C(CNC(=O)OCc2ccc([N+](=O)[O-])cc2)O[C@@H]1C1[C@@H](NC(=O)OC(C)(C)C)C[C@@H](NC(=O)[C@@H](O)CCNC(=O)OC(C)(C)C)[C@H](O[C@H]2OC[C@](C)(O)[C@H](N(C)C(=O)OC(C)(C)C)[C@H]2O)[C@H]1O)NC(=O)OC(C)(C)C. The normalized spacial score (nSPS) is 26.6. The predicted molar refractivity (Wildman–Crippen MR) is 293 cm³/mol. The van der Waals surface area contributed by atoms with Gasteiger partial charge in [-0.15, -0.1) is 0 Å². The zero-order chi connectivity index (χ0) is 61.9. The van der Waals surface area contributed by atoms with Gasteiger partial charge in [0.2, 0.25) is 5.91 Å². The molecule has 28 nitrogen and oxygen atoms in total. The van der Waals surface area contributed by atoms with Crippen LogP contribution in [0.15, 0.2) is 36.1 Å². The van der Waals surface area contributed by atoms with Gasteiger partial charge in [0.1, 0.15) is 64.8 Å². The van der Waals surface area contributed by atoms with Crippen LogP contribution in [0.4, 0.5) is 29.7 Å².